The number of nitrogens with zero attached hydrogens (tertiary/aromatic N) is 1. The second-order valence-corrected chi connectivity index (χ2v) is 3.50. The number of halogens is 3. The van der Waals surface area contributed by atoms with Crippen molar-refractivity contribution >= 4 is 51.7 Å². The molecule has 1 aromatic rings. The highest BCUT2D eigenvalue weighted by Gasteiger charge is 2.02. The van der Waals surface area contributed by atoms with Crippen molar-refractivity contribution in [2.75, 3.05) is 0 Å². The van der Waals surface area contributed by atoms with E-state index in [1.165, 1.54) is 24.3 Å². The molecule has 0 aliphatic rings. The first-order valence-corrected chi connectivity index (χ1v) is 4.71. The SMILES string of the molecule is Cl.Cl.O=Ic1ccc([N+](=O)[O-])cc1. The van der Waals surface area contributed by atoms with Crippen LogP contribution in [0, 0.1) is 13.7 Å². The van der Waals surface area contributed by atoms with E-state index in [1.54, 1.807) is 0 Å². The van der Waals surface area contributed by atoms with Gasteiger partial charge in [0.05, 0.1) is 4.92 Å². The number of benzene rings is 1. The summed E-state index contributed by atoms with van der Waals surface area (Å²) in [6.07, 6.45) is 0. The molecular formula is C6H6Cl2INO3. The van der Waals surface area contributed by atoms with Crippen molar-refractivity contribution in [1.82, 2.24) is 0 Å². The van der Waals surface area contributed by atoms with Crippen molar-refractivity contribution in [2.45, 2.75) is 0 Å². The third-order valence-electron chi connectivity index (χ3n) is 1.13. The molecule has 0 amide bonds. The van der Waals surface area contributed by atoms with Crippen molar-refractivity contribution in [1.29, 1.82) is 0 Å². The highest BCUT2D eigenvalue weighted by atomic mass is 127. The van der Waals surface area contributed by atoms with Crippen molar-refractivity contribution in [3.8, 4) is 0 Å². The van der Waals surface area contributed by atoms with Crippen LogP contribution in [0.25, 0.3) is 0 Å². The maximum absolute atomic E-state index is 10.4. The van der Waals surface area contributed by atoms with Gasteiger partial charge in [-0.05, 0) is 12.1 Å². The lowest BCUT2D eigenvalue weighted by Crippen LogP contribution is -1.86. The minimum Gasteiger partial charge on any atom is -0.265 e. The van der Waals surface area contributed by atoms with Crippen molar-refractivity contribution in [3.63, 3.8) is 0 Å². The van der Waals surface area contributed by atoms with Crippen LogP contribution in [0.3, 0.4) is 0 Å². The summed E-state index contributed by atoms with van der Waals surface area (Å²) in [4.78, 5) is 9.66. The molecule has 0 radical (unpaired) electrons. The summed E-state index contributed by atoms with van der Waals surface area (Å²) in [7, 11) is 0. The number of non-ortho nitro benzene ring substituents is 1. The number of nitro benzene ring substituents is 1. The summed E-state index contributed by atoms with van der Waals surface area (Å²) >= 11 is -1.20. The van der Waals surface area contributed by atoms with Crippen molar-refractivity contribution in [3.05, 3.63) is 37.9 Å². The average Bonchev–Trinajstić information content (AvgIpc) is 2.05. The van der Waals surface area contributed by atoms with Crippen LogP contribution in [0.15, 0.2) is 24.3 Å². The molecule has 4 nitrogen and oxygen atoms in total. The molecule has 13 heavy (non-hydrogen) atoms. The zero-order valence-electron chi connectivity index (χ0n) is 6.18. The first-order valence-electron chi connectivity index (χ1n) is 2.75. The van der Waals surface area contributed by atoms with Crippen LogP contribution in [0.2, 0.25) is 0 Å². The van der Waals surface area contributed by atoms with Gasteiger partial charge < -0.3 is 0 Å². The normalized spacial score (nSPS) is 8.00. The van der Waals surface area contributed by atoms with E-state index < -0.39 is 26.1 Å². The number of nitro groups is 1. The van der Waals surface area contributed by atoms with Gasteiger partial charge in [0.15, 0.2) is 21.2 Å². The van der Waals surface area contributed by atoms with Gasteiger partial charge in [-0.25, -0.2) is 0 Å². The summed E-state index contributed by atoms with van der Waals surface area (Å²) in [5.74, 6) is 0. The minimum atomic E-state index is -1.20. The molecule has 0 N–H and O–H groups in total. The maximum Gasteiger partial charge on any atom is 0.269 e. The van der Waals surface area contributed by atoms with Gasteiger partial charge in [0, 0.05) is 15.7 Å². The van der Waals surface area contributed by atoms with Crippen LogP contribution < -0.4 is 0 Å². The summed E-state index contributed by atoms with van der Waals surface area (Å²) in [6.45, 7) is 0. The zero-order chi connectivity index (χ0) is 8.27. The predicted octanol–water partition coefficient (Wildman–Crippen LogP) is 2.92. The van der Waals surface area contributed by atoms with Gasteiger partial charge in [-0.1, -0.05) is 0 Å². The quantitative estimate of drug-likeness (QED) is 0.473. The van der Waals surface area contributed by atoms with E-state index in [2.05, 4.69) is 0 Å². The second-order valence-electron chi connectivity index (χ2n) is 1.81. The molecule has 7 heteroatoms. The summed E-state index contributed by atoms with van der Waals surface area (Å²) in [5, 5.41) is 10.1. The molecule has 0 atom stereocenters. The molecule has 1 aromatic carbocycles. The van der Waals surface area contributed by atoms with E-state index in [4.69, 9.17) is 0 Å². The first-order chi connectivity index (χ1) is 5.24. The fraction of sp³-hybridized carbons (Fsp3) is 0. The minimum absolute atomic E-state index is 0. The lowest BCUT2D eigenvalue weighted by molar-refractivity contribution is -0.384. The lowest BCUT2D eigenvalue weighted by atomic mass is 10.3. The van der Waals surface area contributed by atoms with Crippen LogP contribution >= 0.6 is 46.0 Å². The fourth-order valence-electron chi connectivity index (χ4n) is 0.614. The molecule has 74 valence electrons. The molecule has 0 unspecified atom stereocenters. The van der Waals surface area contributed by atoms with Gasteiger partial charge >= 0.3 is 0 Å². The molecule has 0 spiro atoms. The van der Waals surface area contributed by atoms with Crippen LogP contribution in [-0.4, -0.2) is 4.92 Å². The third kappa shape index (κ3) is 4.49. The standard InChI is InChI=1S/C6H4INO3.2ClH/c9-7-5-1-3-6(4-2-5)8(10)11;;/h1-4H;2*1H. The highest BCUT2D eigenvalue weighted by Crippen LogP contribution is 2.15. The maximum atomic E-state index is 10.4. The zero-order valence-corrected chi connectivity index (χ0v) is 9.97. The molecule has 0 saturated carbocycles. The Hall–Kier alpha value is -0.270. The monoisotopic (exact) mass is 337 g/mol. The first kappa shape index (κ1) is 15.2. The lowest BCUT2D eigenvalue weighted by Gasteiger charge is -1.88. The van der Waals surface area contributed by atoms with Gasteiger partial charge in [0.1, 0.15) is 0 Å². The Morgan fingerprint density at radius 2 is 1.62 bits per heavy atom. The summed E-state index contributed by atoms with van der Waals surface area (Å²) < 4.78 is 11.0. The van der Waals surface area contributed by atoms with E-state index >= 15 is 0 Å². The van der Waals surface area contributed by atoms with Gasteiger partial charge in [-0.2, -0.15) is 0 Å². The van der Waals surface area contributed by atoms with Crippen molar-refractivity contribution < 1.29 is 7.99 Å². The molecule has 0 saturated heterocycles. The molecule has 1 rings (SSSR count). The number of hydrogen-bond acceptors (Lipinski definition) is 3. The Morgan fingerprint density at radius 1 is 1.15 bits per heavy atom. The average molecular weight is 338 g/mol. The Balaban J connectivity index is 0. The van der Waals surface area contributed by atoms with E-state index in [1.807, 2.05) is 0 Å². The molecule has 0 bridgehead atoms. The van der Waals surface area contributed by atoms with E-state index in [0.717, 1.165) is 0 Å². The van der Waals surface area contributed by atoms with E-state index in [-0.39, 0.29) is 30.5 Å². The Kier molecular flexibility index (Phi) is 8.38. The molecule has 0 heterocycles. The topological polar surface area (TPSA) is 60.2 Å². The molecule has 0 aliphatic carbocycles. The molecule has 0 fully saturated rings. The highest BCUT2D eigenvalue weighted by molar-refractivity contribution is 14.1. The number of rotatable bonds is 2. The van der Waals surface area contributed by atoms with Crippen LogP contribution in [0.1, 0.15) is 0 Å². The third-order valence-corrected chi connectivity index (χ3v) is 2.35. The molecule has 0 aliphatic heterocycles. The Labute approximate surface area is 97.3 Å². The molecule has 0 aromatic heterocycles. The molecular weight excluding hydrogens is 332 g/mol. The van der Waals surface area contributed by atoms with E-state index in [0.29, 0.717) is 3.57 Å². The number of hydrogen-bond donors (Lipinski definition) is 0. The fourth-order valence-corrected chi connectivity index (χ4v) is 1.27. The van der Waals surface area contributed by atoms with E-state index in [9.17, 15) is 13.2 Å². The van der Waals surface area contributed by atoms with Crippen LogP contribution in [0.5, 0.6) is 0 Å². The Morgan fingerprint density at radius 3 is 1.92 bits per heavy atom. The predicted molar refractivity (Wildman–Crippen MR) is 61.0 cm³/mol. The smallest absolute Gasteiger partial charge is 0.265 e. The van der Waals surface area contributed by atoms with Gasteiger partial charge in [-0.3, -0.25) is 13.2 Å². The summed E-state index contributed by atoms with van der Waals surface area (Å²) in [5.41, 5.74) is 0.0335. The van der Waals surface area contributed by atoms with Gasteiger partial charge in [-0.15, -0.1) is 24.8 Å². The van der Waals surface area contributed by atoms with Crippen LogP contribution in [0.4, 0.5) is 5.69 Å². The van der Waals surface area contributed by atoms with Gasteiger partial charge in [0.2, 0.25) is 0 Å². The largest absolute Gasteiger partial charge is 0.269 e. The van der Waals surface area contributed by atoms with Crippen molar-refractivity contribution in [2.24, 2.45) is 0 Å². The summed E-state index contributed by atoms with van der Waals surface area (Å²) in [6, 6.07) is 5.73. The Bertz CT molecular complexity index is 290. The second kappa shape index (κ2) is 7.16. The van der Waals surface area contributed by atoms with Crippen LogP contribution in [-0.2, 0) is 3.07 Å². The van der Waals surface area contributed by atoms with Gasteiger partial charge in [0.25, 0.3) is 5.69 Å².